The molecule has 2 heterocycles. The van der Waals surface area contributed by atoms with Crippen molar-refractivity contribution in [2.45, 2.75) is 20.4 Å². The highest BCUT2D eigenvalue weighted by molar-refractivity contribution is 7.16. The number of hydrogen-bond donors (Lipinski definition) is 1. The Bertz CT molecular complexity index is 757. The summed E-state index contributed by atoms with van der Waals surface area (Å²) in [7, 11) is 0. The van der Waals surface area contributed by atoms with Gasteiger partial charge in [0.15, 0.2) is 0 Å². The quantitative estimate of drug-likeness (QED) is 0.772. The summed E-state index contributed by atoms with van der Waals surface area (Å²) in [6, 6.07) is 6.69. The summed E-state index contributed by atoms with van der Waals surface area (Å²) in [4.78, 5) is 5.74. The maximum Gasteiger partial charge on any atom is 0.144 e. The van der Waals surface area contributed by atoms with Crippen LogP contribution >= 0.6 is 11.3 Å². The van der Waals surface area contributed by atoms with E-state index >= 15 is 0 Å². The first-order chi connectivity index (χ1) is 9.10. The molecule has 2 N–H and O–H groups in total. The van der Waals surface area contributed by atoms with Crippen molar-refractivity contribution < 1.29 is 4.39 Å². The molecular formula is C14H14FN3S. The van der Waals surface area contributed by atoms with Gasteiger partial charge in [-0.1, -0.05) is 0 Å². The Morgan fingerprint density at radius 3 is 2.79 bits per heavy atom. The number of aryl methyl sites for hydroxylation is 2. The van der Waals surface area contributed by atoms with E-state index < -0.39 is 0 Å². The third-order valence-electron chi connectivity index (χ3n) is 3.15. The zero-order valence-electron chi connectivity index (χ0n) is 10.8. The molecule has 0 aliphatic carbocycles. The number of rotatable bonds is 2. The first-order valence-corrected chi connectivity index (χ1v) is 6.94. The number of anilines is 1. The fraction of sp³-hybridized carbons (Fsp3) is 0.214. The molecule has 0 unspecified atom stereocenters. The first kappa shape index (κ1) is 12.2. The molecule has 0 saturated heterocycles. The number of nitrogens with zero attached hydrogens (tertiary/aromatic N) is 2. The molecule has 0 bridgehead atoms. The molecular weight excluding hydrogens is 261 g/mol. The van der Waals surface area contributed by atoms with E-state index in [0.29, 0.717) is 0 Å². The number of aromatic nitrogens is 2. The second kappa shape index (κ2) is 4.35. The van der Waals surface area contributed by atoms with Crippen molar-refractivity contribution in [2.24, 2.45) is 0 Å². The average Bonchev–Trinajstić information content (AvgIpc) is 2.88. The second-order valence-electron chi connectivity index (χ2n) is 4.45. The van der Waals surface area contributed by atoms with E-state index in [0.717, 1.165) is 38.8 Å². The summed E-state index contributed by atoms with van der Waals surface area (Å²) in [5.74, 6) is 0.563. The van der Waals surface area contributed by atoms with Gasteiger partial charge in [0.2, 0.25) is 0 Å². The highest BCUT2D eigenvalue weighted by Crippen LogP contribution is 2.34. The largest absolute Gasteiger partial charge is 0.390 e. The van der Waals surface area contributed by atoms with Crippen molar-refractivity contribution in [3.63, 3.8) is 0 Å². The number of nitrogen functional groups attached to an aromatic ring is 1. The zero-order valence-corrected chi connectivity index (χ0v) is 11.6. The van der Waals surface area contributed by atoms with Crippen molar-refractivity contribution in [3.8, 4) is 11.4 Å². The first-order valence-electron chi connectivity index (χ1n) is 6.12. The molecule has 3 nitrogen and oxygen atoms in total. The Labute approximate surface area is 114 Å². The summed E-state index contributed by atoms with van der Waals surface area (Å²) < 4.78 is 15.4. The van der Waals surface area contributed by atoms with Crippen molar-refractivity contribution in [3.05, 3.63) is 35.0 Å². The predicted octanol–water partition coefficient (Wildman–Crippen LogP) is 3.81. The average molecular weight is 275 g/mol. The monoisotopic (exact) mass is 275 g/mol. The van der Waals surface area contributed by atoms with Crippen LogP contribution in [0.4, 0.5) is 9.39 Å². The van der Waals surface area contributed by atoms with Crippen molar-refractivity contribution in [1.82, 2.24) is 9.55 Å². The number of thiophene rings is 1. The summed E-state index contributed by atoms with van der Waals surface area (Å²) >= 11 is 1.55. The van der Waals surface area contributed by atoms with Gasteiger partial charge in [-0.05, 0) is 38.1 Å². The summed E-state index contributed by atoms with van der Waals surface area (Å²) in [5, 5.41) is 0.753. The standard InChI is InChI=1S/C14H14FN3S/c1-3-18-12-7-9(15)4-5-11(12)17-14(18)10-6-8(2)19-13(10)16/h4-7H,3,16H2,1-2H3. The van der Waals surface area contributed by atoms with Crippen LogP contribution in [-0.2, 0) is 6.54 Å². The van der Waals surface area contributed by atoms with Crippen LogP contribution < -0.4 is 5.73 Å². The number of hydrogen-bond acceptors (Lipinski definition) is 3. The lowest BCUT2D eigenvalue weighted by atomic mass is 10.2. The van der Waals surface area contributed by atoms with Gasteiger partial charge in [0.1, 0.15) is 11.6 Å². The molecule has 98 valence electrons. The van der Waals surface area contributed by atoms with Crippen molar-refractivity contribution in [1.29, 1.82) is 0 Å². The molecule has 5 heteroatoms. The lowest BCUT2D eigenvalue weighted by molar-refractivity contribution is 0.628. The Balaban J connectivity index is 2.32. The van der Waals surface area contributed by atoms with Gasteiger partial charge in [-0.2, -0.15) is 0 Å². The molecule has 0 fully saturated rings. The molecule has 0 aliphatic heterocycles. The third kappa shape index (κ3) is 1.90. The predicted molar refractivity (Wildman–Crippen MR) is 77.8 cm³/mol. The minimum Gasteiger partial charge on any atom is -0.390 e. The second-order valence-corrected chi connectivity index (χ2v) is 5.74. The van der Waals surface area contributed by atoms with Gasteiger partial charge >= 0.3 is 0 Å². The van der Waals surface area contributed by atoms with Crippen LogP contribution in [0.25, 0.3) is 22.4 Å². The van der Waals surface area contributed by atoms with Gasteiger partial charge in [-0.15, -0.1) is 11.3 Å². The molecule has 0 atom stereocenters. The molecule has 3 rings (SSSR count). The highest BCUT2D eigenvalue weighted by atomic mass is 32.1. The summed E-state index contributed by atoms with van der Waals surface area (Å²) in [6.45, 7) is 4.76. The van der Waals surface area contributed by atoms with Gasteiger partial charge in [0.05, 0.1) is 21.6 Å². The Hall–Kier alpha value is -1.88. The maximum absolute atomic E-state index is 13.4. The van der Waals surface area contributed by atoms with Crippen LogP contribution in [0, 0.1) is 12.7 Å². The summed E-state index contributed by atoms with van der Waals surface area (Å²) in [5.41, 5.74) is 8.57. The van der Waals surface area contributed by atoms with Crippen LogP contribution in [0.5, 0.6) is 0 Å². The minimum atomic E-state index is -0.247. The molecule has 0 spiro atoms. The van der Waals surface area contributed by atoms with Gasteiger partial charge in [-0.25, -0.2) is 9.37 Å². The third-order valence-corrected chi connectivity index (χ3v) is 4.03. The van der Waals surface area contributed by atoms with E-state index in [9.17, 15) is 4.39 Å². The minimum absolute atomic E-state index is 0.247. The van der Waals surface area contributed by atoms with Crippen LogP contribution in [0.1, 0.15) is 11.8 Å². The fourth-order valence-corrected chi connectivity index (χ4v) is 3.11. The Kier molecular flexibility index (Phi) is 2.78. The fourth-order valence-electron chi connectivity index (χ4n) is 2.33. The molecule has 0 aliphatic rings. The highest BCUT2D eigenvalue weighted by Gasteiger charge is 2.16. The van der Waals surface area contributed by atoms with Crippen LogP contribution in [0.3, 0.4) is 0 Å². The van der Waals surface area contributed by atoms with E-state index in [-0.39, 0.29) is 5.82 Å². The molecule has 2 aromatic heterocycles. The lowest BCUT2D eigenvalue weighted by Gasteiger charge is -2.05. The van der Waals surface area contributed by atoms with Crippen LogP contribution in [0.15, 0.2) is 24.3 Å². The molecule has 0 saturated carbocycles. The van der Waals surface area contributed by atoms with E-state index in [1.165, 1.54) is 12.1 Å². The lowest BCUT2D eigenvalue weighted by Crippen LogP contribution is -1.98. The van der Waals surface area contributed by atoms with Gasteiger partial charge in [-0.3, -0.25) is 0 Å². The van der Waals surface area contributed by atoms with E-state index in [2.05, 4.69) is 4.98 Å². The molecule has 0 amide bonds. The zero-order chi connectivity index (χ0) is 13.6. The van der Waals surface area contributed by atoms with Crippen molar-refractivity contribution in [2.75, 3.05) is 5.73 Å². The molecule has 3 aromatic rings. The topological polar surface area (TPSA) is 43.8 Å². The number of nitrogens with two attached hydrogens (primary N) is 1. The van der Waals surface area contributed by atoms with E-state index in [1.807, 2.05) is 24.5 Å². The number of imidazole rings is 1. The van der Waals surface area contributed by atoms with Crippen molar-refractivity contribution >= 4 is 27.4 Å². The Morgan fingerprint density at radius 2 is 2.16 bits per heavy atom. The maximum atomic E-state index is 13.4. The van der Waals surface area contributed by atoms with E-state index in [1.54, 1.807) is 17.4 Å². The number of fused-ring (bicyclic) bond motifs is 1. The molecule has 19 heavy (non-hydrogen) atoms. The number of halogens is 1. The van der Waals surface area contributed by atoms with Gasteiger partial charge in [0, 0.05) is 11.4 Å². The SMILES string of the molecule is CCn1c(-c2cc(C)sc2N)nc2ccc(F)cc21. The van der Waals surface area contributed by atoms with E-state index in [4.69, 9.17) is 5.73 Å². The van der Waals surface area contributed by atoms with Crippen LogP contribution in [-0.4, -0.2) is 9.55 Å². The van der Waals surface area contributed by atoms with Gasteiger partial charge in [0.25, 0.3) is 0 Å². The smallest absolute Gasteiger partial charge is 0.144 e. The normalized spacial score (nSPS) is 11.3. The number of benzene rings is 1. The molecule has 1 aromatic carbocycles. The molecule has 0 radical (unpaired) electrons. The Morgan fingerprint density at radius 1 is 1.37 bits per heavy atom. The summed E-state index contributed by atoms with van der Waals surface area (Å²) in [6.07, 6.45) is 0. The van der Waals surface area contributed by atoms with Crippen LogP contribution in [0.2, 0.25) is 0 Å². The van der Waals surface area contributed by atoms with Gasteiger partial charge < -0.3 is 10.3 Å².